The molecule has 0 aromatic heterocycles. The topological polar surface area (TPSA) is 56.5 Å². The van der Waals surface area contributed by atoms with E-state index in [0.717, 1.165) is 28.2 Å². The van der Waals surface area contributed by atoms with Crippen molar-refractivity contribution in [3.05, 3.63) is 89.2 Å². The number of hydrogen-bond donors (Lipinski definition) is 2. The van der Waals surface area contributed by atoms with E-state index in [2.05, 4.69) is 12.2 Å². The van der Waals surface area contributed by atoms with Gasteiger partial charge in [-0.2, -0.15) is 0 Å². The second-order valence-electron chi connectivity index (χ2n) is 6.69. The van der Waals surface area contributed by atoms with Crippen molar-refractivity contribution >= 4 is 5.69 Å². The van der Waals surface area contributed by atoms with Crippen LogP contribution in [0.4, 0.5) is 10.1 Å². The molecule has 0 spiro atoms. The van der Waals surface area contributed by atoms with Crippen molar-refractivity contribution in [1.82, 2.24) is 5.32 Å². The average molecular weight is 380 g/mol. The van der Waals surface area contributed by atoms with E-state index in [1.165, 1.54) is 12.1 Å². The summed E-state index contributed by atoms with van der Waals surface area (Å²) in [4.78, 5) is 0. The lowest BCUT2D eigenvalue weighted by Gasteiger charge is -2.25. The molecule has 0 aliphatic heterocycles. The van der Waals surface area contributed by atoms with Crippen molar-refractivity contribution in [3.8, 4) is 11.5 Å². The Morgan fingerprint density at radius 2 is 1.46 bits per heavy atom. The van der Waals surface area contributed by atoms with Crippen LogP contribution in [-0.4, -0.2) is 14.2 Å². The van der Waals surface area contributed by atoms with Crippen LogP contribution in [0.2, 0.25) is 0 Å². The Labute approximate surface area is 165 Å². The highest BCUT2D eigenvalue weighted by Gasteiger charge is 2.19. The van der Waals surface area contributed by atoms with Gasteiger partial charge in [0.1, 0.15) is 17.3 Å². The van der Waals surface area contributed by atoms with Gasteiger partial charge in [-0.15, -0.1) is 0 Å². The number of hydrogen-bond acceptors (Lipinski definition) is 4. The lowest BCUT2D eigenvalue weighted by atomic mass is 9.96. The fraction of sp³-hybridized carbons (Fsp3) is 0.217. The number of anilines is 1. The van der Waals surface area contributed by atoms with Crippen molar-refractivity contribution in [2.24, 2.45) is 0 Å². The number of methoxy groups -OCH3 is 2. The Hall–Kier alpha value is -3.05. The van der Waals surface area contributed by atoms with Gasteiger partial charge in [0.25, 0.3) is 0 Å². The van der Waals surface area contributed by atoms with Crippen LogP contribution in [0.1, 0.15) is 35.7 Å². The molecular formula is C23H25FN2O2. The molecule has 2 unspecified atom stereocenters. The average Bonchev–Trinajstić information content (AvgIpc) is 2.72. The highest BCUT2D eigenvalue weighted by molar-refractivity contribution is 5.45. The van der Waals surface area contributed by atoms with Crippen molar-refractivity contribution < 1.29 is 13.9 Å². The normalized spacial score (nSPS) is 13.0. The molecule has 3 rings (SSSR count). The first-order valence-electron chi connectivity index (χ1n) is 9.10. The van der Waals surface area contributed by atoms with Crippen LogP contribution < -0.4 is 20.5 Å². The van der Waals surface area contributed by atoms with E-state index in [4.69, 9.17) is 15.2 Å². The Bertz CT molecular complexity index is 906. The van der Waals surface area contributed by atoms with E-state index < -0.39 is 0 Å². The van der Waals surface area contributed by atoms with Crippen LogP contribution in [0.5, 0.6) is 11.5 Å². The van der Waals surface area contributed by atoms with Crippen molar-refractivity contribution in [2.45, 2.75) is 19.0 Å². The largest absolute Gasteiger partial charge is 0.497 e. The van der Waals surface area contributed by atoms with Gasteiger partial charge in [-0.1, -0.05) is 24.3 Å². The van der Waals surface area contributed by atoms with E-state index >= 15 is 0 Å². The van der Waals surface area contributed by atoms with Crippen LogP contribution in [-0.2, 0) is 0 Å². The van der Waals surface area contributed by atoms with E-state index in [1.807, 2.05) is 42.5 Å². The second-order valence-corrected chi connectivity index (χ2v) is 6.69. The standard InChI is InChI=1S/C23H25FN2O2/c1-15(18-12-21(27-2)14-22(13-18)28-3)26-23(16-7-9-19(24)10-8-16)17-5-4-6-20(25)11-17/h4-15,23,26H,25H2,1-3H3. The Morgan fingerprint density at radius 1 is 0.821 bits per heavy atom. The highest BCUT2D eigenvalue weighted by Crippen LogP contribution is 2.30. The van der Waals surface area contributed by atoms with Crippen molar-refractivity contribution in [2.75, 3.05) is 20.0 Å². The predicted octanol–water partition coefficient (Wildman–Crippen LogP) is 4.87. The quantitative estimate of drug-likeness (QED) is 0.575. The van der Waals surface area contributed by atoms with E-state index in [1.54, 1.807) is 26.4 Å². The maximum absolute atomic E-state index is 13.4. The second kappa shape index (κ2) is 8.76. The van der Waals surface area contributed by atoms with E-state index in [0.29, 0.717) is 5.69 Å². The summed E-state index contributed by atoms with van der Waals surface area (Å²) in [5.41, 5.74) is 9.66. The predicted molar refractivity (Wildman–Crippen MR) is 110 cm³/mol. The van der Waals surface area contributed by atoms with Crippen LogP contribution >= 0.6 is 0 Å². The fourth-order valence-electron chi connectivity index (χ4n) is 3.20. The number of nitrogen functional groups attached to an aromatic ring is 1. The van der Waals surface area contributed by atoms with Gasteiger partial charge in [-0.05, 0) is 60.0 Å². The van der Waals surface area contributed by atoms with Crippen LogP contribution in [0.15, 0.2) is 66.7 Å². The number of rotatable bonds is 7. The first kappa shape index (κ1) is 19.7. The third kappa shape index (κ3) is 4.61. The molecule has 3 aromatic rings. The summed E-state index contributed by atoms with van der Waals surface area (Å²) in [6, 6.07) is 19.8. The summed E-state index contributed by atoms with van der Waals surface area (Å²) in [6.07, 6.45) is 0. The van der Waals surface area contributed by atoms with Crippen molar-refractivity contribution in [1.29, 1.82) is 0 Å². The summed E-state index contributed by atoms with van der Waals surface area (Å²) in [7, 11) is 3.26. The molecule has 0 aliphatic rings. The van der Waals surface area contributed by atoms with E-state index in [9.17, 15) is 4.39 Å². The van der Waals surface area contributed by atoms with Crippen molar-refractivity contribution in [3.63, 3.8) is 0 Å². The number of ether oxygens (including phenoxy) is 2. The summed E-state index contributed by atoms with van der Waals surface area (Å²) >= 11 is 0. The smallest absolute Gasteiger partial charge is 0.123 e. The minimum absolute atomic E-state index is 0.0273. The van der Waals surface area contributed by atoms with Gasteiger partial charge in [0.05, 0.1) is 20.3 Å². The first-order valence-corrected chi connectivity index (χ1v) is 9.10. The lowest BCUT2D eigenvalue weighted by molar-refractivity contribution is 0.391. The summed E-state index contributed by atoms with van der Waals surface area (Å²) in [6.45, 7) is 2.07. The number of halogens is 1. The molecule has 0 amide bonds. The third-order valence-electron chi connectivity index (χ3n) is 4.74. The molecule has 0 radical (unpaired) electrons. The molecule has 2 atom stereocenters. The molecule has 0 saturated heterocycles. The first-order chi connectivity index (χ1) is 13.5. The fourth-order valence-corrected chi connectivity index (χ4v) is 3.20. The molecule has 3 N–H and O–H groups in total. The zero-order chi connectivity index (χ0) is 20.1. The maximum atomic E-state index is 13.4. The van der Waals surface area contributed by atoms with E-state index in [-0.39, 0.29) is 17.9 Å². The Kier molecular flexibility index (Phi) is 6.16. The maximum Gasteiger partial charge on any atom is 0.123 e. The number of nitrogens with two attached hydrogens (primary N) is 1. The molecule has 0 aliphatic carbocycles. The Balaban J connectivity index is 1.96. The summed E-state index contributed by atoms with van der Waals surface area (Å²) < 4.78 is 24.2. The minimum atomic E-state index is -0.263. The van der Waals surface area contributed by atoms with Gasteiger partial charge in [-0.25, -0.2) is 4.39 Å². The van der Waals surface area contributed by atoms with Gasteiger partial charge in [0.2, 0.25) is 0 Å². The molecule has 0 saturated carbocycles. The number of benzene rings is 3. The SMILES string of the molecule is COc1cc(OC)cc(C(C)NC(c2ccc(F)cc2)c2cccc(N)c2)c1. The zero-order valence-electron chi connectivity index (χ0n) is 16.3. The molecule has 5 heteroatoms. The zero-order valence-corrected chi connectivity index (χ0v) is 16.3. The molecule has 0 bridgehead atoms. The van der Waals surface area contributed by atoms with Gasteiger partial charge < -0.3 is 15.2 Å². The summed E-state index contributed by atoms with van der Waals surface area (Å²) in [5, 5.41) is 3.63. The van der Waals surface area contributed by atoms with Crippen LogP contribution in [0, 0.1) is 5.82 Å². The van der Waals surface area contributed by atoms with Gasteiger partial charge in [0.15, 0.2) is 0 Å². The molecule has 0 heterocycles. The van der Waals surface area contributed by atoms with Gasteiger partial charge in [-0.3, -0.25) is 5.32 Å². The lowest BCUT2D eigenvalue weighted by Crippen LogP contribution is -2.26. The molecule has 0 fully saturated rings. The monoisotopic (exact) mass is 380 g/mol. The molecule has 146 valence electrons. The van der Waals surface area contributed by atoms with Gasteiger partial charge in [0, 0.05) is 17.8 Å². The number of nitrogens with one attached hydrogen (secondary N) is 1. The molecule has 4 nitrogen and oxygen atoms in total. The molecule has 28 heavy (non-hydrogen) atoms. The van der Waals surface area contributed by atoms with Crippen LogP contribution in [0.25, 0.3) is 0 Å². The minimum Gasteiger partial charge on any atom is -0.497 e. The summed E-state index contributed by atoms with van der Waals surface area (Å²) in [5.74, 6) is 1.19. The molecule has 3 aromatic carbocycles. The Morgan fingerprint density at radius 3 is 2.04 bits per heavy atom. The highest BCUT2D eigenvalue weighted by atomic mass is 19.1. The molecular weight excluding hydrogens is 355 g/mol. The van der Waals surface area contributed by atoms with Gasteiger partial charge >= 0.3 is 0 Å². The van der Waals surface area contributed by atoms with Crippen LogP contribution in [0.3, 0.4) is 0 Å². The third-order valence-corrected chi connectivity index (χ3v) is 4.74.